The molecule has 1 heterocycles. The molecule has 2 fully saturated rings. The molecule has 3 rings (SSSR count). The summed E-state index contributed by atoms with van der Waals surface area (Å²) < 4.78 is 5.99. The van der Waals surface area contributed by atoms with Gasteiger partial charge in [-0.05, 0) is 30.4 Å². The Balaban J connectivity index is 1.65. The molecule has 4 atom stereocenters. The maximum Gasteiger partial charge on any atom is 0.0821 e. The number of benzene rings is 1. The topological polar surface area (TPSA) is 21.3 Å². The normalized spacial score (nSPS) is 31.9. The van der Waals surface area contributed by atoms with Crippen molar-refractivity contribution in [3.05, 3.63) is 35.9 Å². The van der Waals surface area contributed by atoms with Gasteiger partial charge in [-0.3, -0.25) is 0 Å². The molecule has 1 N–H and O–H groups in total. The zero-order valence-electron chi connectivity index (χ0n) is 11.5. The van der Waals surface area contributed by atoms with Gasteiger partial charge in [0, 0.05) is 17.5 Å². The fraction of sp³-hybridized carbons (Fsp3) is 0.625. The van der Waals surface area contributed by atoms with Gasteiger partial charge in [0.2, 0.25) is 0 Å². The van der Waals surface area contributed by atoms with Crippen molar-refractivity contribution in [2.45, 2.75) is 31.4 Å². The molecule has 0 bridgehead atoms. The van der Waals surface area contributed by atoms with Gasteiger partial charge in [-0.15, -0.1) is 0 Å². The number of rotatable bonds is 5. The lowest BCUT2D eigenvalue weighted by molar-refractivity contribution is 0.0410. The summed E-state index contributed by atoms with van der Waals surface area (Å²) in [5.74, 6) is 3.80. The Kier molecular flexibility index (Phi) is 4.46. The van der Waals surface area contributed by atoms with Crippen molar-refractivity contribution in [2.24, 2.45) is 5.92 Å². The highest BCUT2D eigenvalue weighted by Gasteiger charge is 2.46. The third kappa shape index (κ3) is 3.15. The van der Waals surface area contributed by atoms with Crippen molar-refractivity contribution in [3.63, 3.8) is 0 Å². The third-order valence-electron chi connectivity index (χ3n) is 4.21. The van der Waals surface area contributed by atoms with Crippen LogP contribution in [-0.4, -0.2) is 36.8 Å². The molecule has 0 amide bonds. The van der Waals surface area contributed by atoms with Crippen LogP contribution in [0, 0.1) is 5.92 Å². The monoisotopic (exact) mass is 277 g/mol. The summed E-state index contributed by atoms with van der Waals surface area (Å²) in [5, 5.41) is 3.68. The second kappa shape index (κ2) is 6.29. The van der Waals surface area contributed by atoms with E-state index in [2.05, 4.69) is 42.6 Å². The zero-order chi connectivity index (χ0) is 13.1. The Hall–Kier alpha value is -0.510. The van der Waals surface area contributed by atoms with Crippen LogP contribution in [0.1, 0.15) is 24.8 Å². The average Bonchev–Trinajstić information content (AvgIpc) is 3.27. The van der Waals surface area contributed by atoms with Crippen LogP contribution in [0.3, 0.4) is 0 Å². The van der Waals surface area contributed by atoms with E-state index in [0.717, 1.165) is 36.5 Å². The molecular weight excluding hydrogens is 254 g/mol. The summed E-state index contributed by atoms with van der Waals surface area (Å²) in [5.41, 5.74) is 1.50. The van der Waals surface area contributed by atoms with Crippen LogP contribution >= 0.6 is 11.8 Å². The summed E-state index contributed by atoms with van der Waals surface area (Å²) in [6, 6.07) is 11.5. The molecule has 1 saturated carbocycles. The summed E-state index contributed by atoms with van der Waals surface area (Å²) in [4.78, 5) is 0. The highest BCUT2D eigenvalue weighted by molar-refractivity contribution is 7.99. The van der Waals surface area contributed by atoms with Gasteiger partial charge in [0.25, 0.3) is 0 Å². The standard InChI is InChI=1S/C16H23NOS/c1-2-17-16(15-11-19-9-8-18-15)14-10-13(14)12-6-4-3-5-7-12/h3-7,13-17H,2,8-11H2,1H3. The van der Waals surface area contributed by atoms with E-state index < -0.39 is 0 Å². The van der Waals surface area contributed by atoms with Gasteiger partial charge >= 0.3 is 0 Å². The number of ether oxygens (including phenoxy) is 1. The lowest BCUT2D eigenvalue weighted by Crippen LogP contribution is -2.46. The van der Waals surface area contributed by atoms with E-state index in [9.17, 15) is 0 Å². The molecule has 1 saturated heterocycles. The van der Waals surface area contributed by atoms with Crippen molar-refractivity contribution >= 4 is 11.8 Å². The summed E-state index contributed by atoms with van der Waals surface area (Å²) in [6.07, 6.45) is 1.71. The third-order valence-corrected chi connectivity index (χ3v) is 5.23. The molecule has 0 spiro atoms. The molecule has 2 aliphatic rings. The van der Waals surface area contributed by atoms with Crippen molar-refractivity contribution < 1.29 is 4.74 Å². The van der Waals surface area contributed by atoms with Gasteiger partial charge in [-0.25, -0.2) is 0 Å². The SMILES string of the molecule is CCNC(C1CSCCO1)C1CC1c1ccccc1. The summed E-state index contributed by atoms with van der Waals surface area (Å²) >= 11 is 2.03. The molecule has 1 aliphatic heterocycles. The lowest BCUT2D eigenvalue weighted by Gasteiger charge is -2.31. The quantitative estimate of drug-likeness (QED) is 0.894. The Morgan fingerprint density at radius 3 is 2.89 bits per heavy atom. The first-order valence-electron chi connectivity index (χ1n) is 7.38. The molecule has 0 radical (unpaired) electrons. The zero-order valence-corrected chi connectivity index (χ0v) is 12.4. The number of nitrogens with one attached hydrogen (secondary N) is 1. The Morgan fingerprint density at radius 2 is 2.21 bits per heavy atom. The van der Waals surface area contributed by atoms with Crippen LogP contribution in [0.25, 0.3) is 0 Å². The Morgan fingerprint density at radius 1 is 1.37 bits per heavy atom. The lowest BCUT2D eigenvalue weighted by atomic mass is 10.0. The van der Waals surface area contributed by atoms with Gasteiger partial charge in [-0.2, -0.15) is 11.8 Å². The van der Waals surface area contributed by atoms with Crippen LogP contribution < -0.4 is 5.32 Å². The van der Waals surface area contributed by atoms with E-state index in [1.54, 1.807) is 0 Å². The number of hydrogen-bond donors (Lipinski definition) is 1. The second-order valence-electron chi connectivity index (χ2n) is 5.48. The van der Waals surface area contributed by atoms with E-state index in [1.165, 1.54) is 12.0 Å². The van der Waals surface area contributed by atoms with Crippen molar-refractivity contribution in [3.8, 4) is 0 Å². The smallest absolute Gasteiger partial charge is 0.0821 e. The van der Waals surface area contributed by atoms with Crippen molar-refractivity contribution in [1.82, 2.24) is 5.32 Å². The predicted molar refractivity (Wildman–Crippen MR) is 81.8 cm³/mol. The van der Waals surface area contributed by atoms with E-state index in [1.807, 2.05) is 11.8 Å². The fourth-order valence-electron chi connectivity index (χ4n) is 3.20. The number of thioether (sulfide) groups is 1. The summed E-state index contributed by atoms with van der Waals surface area (Å²) in [7, 11) is 0. The second-order valence-corrected chi connectivity index (χ2v) is 6.63. The molecule has 1 aliphatic carbocycles. The molecule has 19 heavy (non-hydrogen) atoms. The van der Waals surface area contributed by atoms with E-state index in [0.29, 0.717) is 12.1 Å². The van der Waals surface area contributed by atoms with Crippen LogP contribution in [0.4, 0.5) is 0 Å². The van der Waals surface area contributed by atoms with E-state index >= 15 is 0 Å². The first-order chi connectivity index (χ1) is 9.40. The molecule has 0 aromatic heterocycles. The van der Waals surface area contributed by atoms with Crippen LogP contribution in [0.2, 0.25) is 0 Å². The van der Waals surface area contributed by atoms with Crippen molar-refractivity contribution in [1.29, 1.82) is 0 Å². The number of likely N-dealkylation sites (N-methyl/N-ethyl adjacent to an activating group) is 1. The van der Waals surface area contributed by atoms with Crippen molar-refractivity contribution in [2.75, 3.05) is 24.7 Å². The minimum absolute atomic E-state index is 0.400. The largest absolute Gasteiger partial charge is 0.375 e. The van der Waals surface area contributed by atoms with Gasteiger partial charge < -0.3 is 10.1 Å². The van der Waals surface area contributed by atoms with Gasteiger partial charge in [0.15, 0.2) is 0 Å². The molecule has 1 aromatic carbocycles. The van der Waals surface area contributed by atoms with Gasteiger partial charge in [-0.1, -0.05) is 37.3 Å². The highest BCUT2D eigenvalue weighted by atomic mass is 32.2. The van der Waals surface area contributed by atoms with E-state index in [-0.39, 0.29) is 0 Å². The van der Waals surface area contributed by atoms with Crippen LogP contribution in [-0.2, 0) is 4.74 Å². The number of hydrogen-bond acceptors (Lipinski definition) is 3. The molecule has 4 unspecified atom stereocenters. The van der Waals surface area contributed by atoms with Crippen LogP contribution in [0.5, 0.6) is 0 Å². The predicted octanol–water partition coefficient (Wildman–Crippen LogP) is 2.90. The molecule has 1 aromatic rings. The molecule has 2 nitrogen and oxygen atoms in total. The highest BCUT2D eigenvalue weighted by Crippen LogP contribution is 2.50. The van der Waals surface area contributed by atoms with Crippen LogP contribution in [0.15, 0.2) is 30.3 Å². The Labute approximate surface area is 120 Å². The molecule has 3 heteroatoms. The summed E-state index contributed by atoms with van der Waals surface area (Å²) in [6.45, 7) is 4.15. The Bertz CT molecular complexity index is 391. The fourth-order valence-corrected chi connectivity index (χ4v) is 4.12. The first kappa shape index (κ1) is 13.5. The minimum atomic E-state index is 0.400. The average molecular weight is 277 g/mol. The first-order valence-corrected chi connectivity index (χ1v) is 8.53. The minimum Gasteiger partial charge on any atom is -0.375 e. The maximum absolute atomic E-state index is 5.99. The van der Waals surface area contributed by atoms with E-state index in [4.69, 9.17) is 4.74 Å². The molecular formula is C16H23NOS. The maximum atomic E-state index is 5.99. The van der Waals surface area contributed by atoms with Gasteiger partial charge in [0.05, 0.1) is 12.7 Å². The van der Waals surface area contributed by atoms with Gasteiger partial charge in [0.1, 0.15) is 0 Å². The molecule has 104 valence electrons.